The molecule has 2 heterocycles. The van der Waals surface area contributed by atoms with Gasteiger partial charge in [-0.25, -0.2) is 9.50 Å². The molecule has 0 aliphatic rings. The third kappa shape index (κ3) is 3.51. The van der Waals surface area contributed by atoms with Crippen LogP contribution in [-0.4, -0.2) is 25.7 Å². The number of benzene rings is 1. The lowest BCUT2D eigenvalue weighted by atomic mass is 9.76. The highest BCUT2D eigenvalue weighted by atomic mass is 16.4. The van der Waals surface area contributed by atoms with Crippen LogP contribution in [0.4, 0.5) is 0 Å². The maximum atomic E-state index is 12.5. The van der Waals surface area contributed by atoms with E-state index in [1.54, 1.807) is 0 Å². The zero-order chi connectivity index (χ0) is 22.4. The van der Waals surface area contributed by atoms with Crippen molar-refractivity contribution >= 4 is 11.6 Å². The molecule has 0 radical (unpaired) electrons. The molecule has 1 N–H and O–H groups in total. The van der Waals surface area contributed by atoms with Gasteiger partial charge in [-0.2, -0.15) is 5.10 Å². The van der Waals surface area contributed by atoms with E-state index in [1.807, 2.05) is 32.2 Å². The number of nitrogens with zero attached hydrogens (tertiary/aromatic N) is 3. The summed E-state index contributed by atoms with van der Waals surface area (Å²) in [5, 5.41) is 15.2. The average molecular weight is 408 g/mol. The van der Waals surface area contributed by atoms with Gasteiger partial charge in [0.25, 0.3) is 0 Å². The van der Waals surface area contributed by atoms with Crippen LogP contribution in [0.25, 0.3) is 16.9 Å². The van der Waals surface area contributed by atoms with Crippen molar-refractivity contribution in [2.75, 3.05) is 0 Å². The van der Waals surface area contributed by atoms with Crippen molar-refractivity contribution in [3.05, 3.63) is 52.3 Å². The van der Waals surface area contributed by atoms with E-state index in [9.17, 15) is 9.90 Å². The Labute approximate surface area is 179 Å². The first kappa shape index (κ1) is 22.0. The van der Waals surface area contributed by atoms with Crippen molar-refractivity contribution < 1.29 is 9.90 Å². The van der Waals surface area contributed by atoms with E-state index in [0.29, 0.717) is 6.42 Å². The zero-order valence-corrected chi connectivity index (χ0v) is 19.4. The fourth-order valence-corrected chi connectivity index (χ4v) is 4.46. The molecule has 0 aliphatic heterocycles. The van der Waals surface area contributed by atoms with E-state index in [4.69, 9.17) is 10.1 Å². The smallest absolute Gasteiger partial charge is 0.313 e. The lowest BCUT2D eigenvalue weighted by Crippen LogP contribution is -2.35. The molecule has 1 unspecified atom stereocenters. The summed E-state index contributed by atoms with van der Waals surface area (Å²) in [6.07, 6.45) is 1.29. The van der Waals surface area contributed by atoms with Crippen molar-refractivity contribution in [1.29, 1.82) is 0 Å². The fourth-order valence-electron chi connectivity index (χ4n) is 4.46. The molecule has 0 spiro atoms. The lowest BCUT2D eigenvalue weighted by molar-refractivity contribution is -0.143. The quantitative estimate of drug-likeness (QED) is 0.584. The van der Waals surface area contributed by atoms with Gasteiger partial charge in [-0.05, 0) is 34.1 Å². The number of carbonyl (C=O) groups is 1. The van der Waals surface area contributed by atoms with Crippen LogP contribution in [0.1, 0.15) is 75.5 Å². The molecule has 2 aromatic heterocycles. The molecule has 5 heteroatoms. The summed E-state index contributed by atoms with van der Waals surface area (Å²) in [7, 11) is 0. The van der Waals surface area contributed by atoms with Crippen molar-refractivity contribution in [3.8, 4) is 11.3 Å². The summed E-state index contributed by atoms with van der Waals surface area (Å²) in [6, 6.07) is 8.21. The van der Waals surface area contributed by atoms with Gasteiger partial charge in [0.15, 0.2) is 5.65 Å². The Hall–Kier alpha value is -2.69. The number of carboxylic acid groups (broad SMARTS) is 1. The van der Waals surface area contributed by atoms with Gasteiger partial charge in [0, 0.05) is 27.8 Å². The minimum Gasteiger partial charge on any atom is -0.481 e. The first-order valence-electron chi connectivity index (χ1n) is 10.6. The Morgan fingerprint density at radius 2 is 1.67 bits per heavy atom. The Morgan fingerprint density at radius 3 is 2.17 bits per heavy atom. The molecule has 0 bridgehead atoms. The molecule has 3 rings (SSSR count). The van der Waals surface area contributed by atoms with Crippen molar-refractivity contribution in [2.24, 2.45) is 0 Å². The average Bonchev–Trinajstić information content (AvgIpc) is 2.98. The Bertz CT molecular complexity index is 1100. The van der Waals surface area contributed by atoms with Gasteiger partial charge in [-0.15, -0.1) is 0 Å². The second kappa shape index (κ2) is 7.53. The van der Waals surface area contributed by atoms with Crippen LogP contribution in [0.2, 0.25) is 0 Å². The molecule has 30 heavy (non-hydrogen) atoms. The Balaban J connectivity index is 2.53. The molecule has 0 aliphatic carbocycles. The summed E-state index contributed by atoms with van der Waals surface area (Å²) in [6.45, 7) is 16.3. The molecule has 0 amide bonds. The van der Waals surface area contributed by atoms with Gasteiger partial charge < -0.3 is 5.11 Å². The molecule has 0 fully saturated rings. The third-order valence-corrected chi connectivity index (χ3v) is 5.98. The maximum Gasteiger partial charge on any atom is 0.313 e. The third-order valence-electron chi connectivity index (χ3n) is 5.98. The normalized spacial score (nSPS) is 14.1. The van der Waals surface area contributed by atoms with Gasteiger partial charge in [0.05, 0.1) is 16.8 Å². The van der Waals surface area contributed by atoms with E-state index < -0.39 is 11.4 Å². The standard InChI is InChI=1S/C25H33N3O2/c1-9-14-25(8,23(29)30)19-17(4)26-22-16(3)21(24(5,6)7)27-28(22)20(19)18-12-10-15(2)11-13-18/h10-13H,9,14H2,1-8H3,(H,29,30). The van der Waals surface area contributed by atoms with Crippen LogP contribution in [0, 0.1) is 20.8 Å². The van der Waals surface area contributed by atoms with Gasteiger partial charge in [0.2, 0.25) is 0 Å². The summed E-state index contributed by atoms with van der Waals surface area (Å²) in [4.78, 5) is 17.4. The summed E-state index contributed by atoms with van der Waals surface area (Å²) >= 11 is 0. The van der Waals surface area contributed by atoms with E-state index in [0.717, 1.165) is 51.4 Å². The number of carboxylic acids is 1. The molecule has 1 aromatic carbocycles. The van der Waals surface area contributed by atoms with Crippen LogP contribution in [-0.2, 0) is 15.6 Å². The Morgan fingerprint density at radius 1 is 1.07 bits per heavy atom. The summed E-state index contributed by atoms with van der Waals surface area (Å²) in [5.41, 5.74) is 6.05. The van der Waals surface area contributed by atoms with Crippen LogP contribution in [0.15, 0.2) is 24.3 Å². The second-order valence-corrected chi connectivity index (χ2v) is 9.63. The van der Waals surface area contributed by atoms with E-state index >= 15 is 0 Å². The number of aliphatic carboxylic acids is 1. The maximum absolute atomic E-state index is 12.5. The molecule has 0 saturated carbocycles. The van der Waals surface area contributed by atoms with Gasteiger partial charge in [-0.3, -0.25) is 4.79 Å². The summed E-state index contributed by atoms with van der Waals surface area (Å²) in [5.74, 6) is -0.832. The summed E-state index contributed by atoms with van der Waals surface area (Å²) < 4.78 is 1.87. The van der Waals surface area contributed by atoms with E-state index in [-0.39, 0.29) is 5.41 Å². The van der Waals surface area contributed by atoms with Crippen LogP contribution in [0.5, 0.6) is 0 Å². The molecule has 1 atom stereocenters. The topological polar surface area (TPSA) is 67.5 Å². The monoisotopic (exact) mass is 407 g/mol. The predicted molar refractivity (Wildman–Crippen MR) is 121 cm³/mol. The number of hydrogen-bond acceptors (Lipinski definition) is 3. The molecule has 160 valence electrons. The van der Waals surface area contributed by atoms with E-state index in [2.05, 4.69) is 52.0 Å². The first-order valence-corrected chi connectivity index (χ1v) is 10.6. The fraction of sp³-hybridized carbons (Fsp3) is 0.480. The molecule has 0 saturated heterocycles. The van der Waals surface area contributed by atoms with Crippen molar-refractivity contribution in [2.45, 2.75) is 79.1 Å². The predicted octanol–water partition coefficient (Wildman–Crippen LogP) is 5.76. The second-order valence-electron chi connectivity index (χ2n) is 9.63. The highest BCUT2D eigenvalue weighted by Crippen LogP contribution is 2.40. The van der Waals surface area contributed by atoms with Gasteiger partial charge in [0.1, 0.15) is 0 Å². The Kier molecular flexibility index (Phi) is 5.52. The van der Waals surface area contributed by atoms with Crippen LogP contribution in [0.3, 0.4) is 0 Å². The highest BCUT2D eigenvalue weighted by molar-refractivity contribution is 5.85. The molecular formula is C25H33N3O2. The zero-order valence-electron chi connectivity index (χ0n) is 19.4. The minimum absolute atomic E-state index is 0.143. The minimum atomic E-state index is -1.05. The largest absolute Gasteiger partial charge is 0.481 e. The number of fused-ring (bicyclic) bond motifs is 1. The molecule has 3 aromatic rings. The number of aryl methyl sites for hydroxylation is 3. The number of rotatable bonds is 5. The number of aromatic nitrogens is 3. The van der Waals surface area contributed by atoms with Crippen molar-refractivity contribution in [3.63, 3.8) is 0 Å². The molecular weight excluding hydrogens is 374 g/mol. The highest BCUT2D eigenvalue weighted by Gasteiger charge is 2.40. The van der Waals surface area contributed by atoms with Crippen molar-refractivity contribution in [1.82, 2.24) is 14.6 Å². The van der Waals surface area contributed by atoms with Crippen LogP contribution >= 0.6 is 0 Å². The number of hydrogen-bond donors (Lipinski definition) is 1. The lowest BCUT2D eigenvalue weighted by Gasteiger charge is -2.29. The van der Waals surface area contributed by atoms with Gasteiger partial charge in [-0.1, -0.05) is 63.9 Å². The molecule has 5 nitrogen and oxygen atoms in total. The van der Waals surface area contributed by atoms with Gasteiger partial charge >= 0.3 is 5.97 Å². The van der Waals surface area contributed by atoms with Crippen LogP contribution < -0.4 is 0 Å². The van der Waals surface area contributed by atoms with E-state index in [1.165, 1.54) is 0 Å². The SMILES string of the molecule is CCCC(C)(C(=O)O)c1c(C)nc2c(C)c(C(C)(C)C)nn2c1-c1ccc(C)cc1. The first-order chi connectivity index (χ1) is 13.9.